The van der Waals surface area contributed by atoms with Crippen molar-refractivity contribution in [2.75, 3.05) is 13.6 Å². The lowest BCUT2D eigenvalue weighted by atomic mass is 9.78. The highest BCUT2D eigenvalue weighted by Crippen LogP contribution is 2.38. The molecule has 1 fully saturated rings. The molecule has 0 amide bonds. The number of halogens is 1. The SMILES string of the molecule is CN=C(NCc1ccco1)NCC(C)(C)C1CCCC1.I. The summed E-state index contributed by atoms with van der Waals surface area (Å²) in [4.78, 5) is 4.27. The second-order valence-electron chi connectivity index (χ2n) is 6.33. The molecule has 5 heteroatoms. The third-order valence-corrected chi connectivity index (χ3v) is 4.41. The zero-order chi connectivity index (χ0) is 14.4. The molecule has 1 saturated carbocycles. The molecule has 0 unspecified atom stereocenters. The smallest absolute Gasteiger partial charge is 0.191 e. The third kappa shape index (κ3) is 5.52. The van der Waals surface area contributed by atoms with E-state index < -0.39 is 0 Å². The number of rotatable bonds is 5. The molecule has 2 N–H and O–H groups in total. The molecular formula is C16H28IN3O. The van der Waals surface area contributed by atoms with Gasteiger partial charge in [-0.15, -0.1) is 24.0 Å². The molecule has 1 aromatic rings. The molecule has 0 bridgehead atoms. The van der Waals surface area contributed by atoms with Gasteiger partial charge in [0.2, 0.25) is 0 Å². The van der Waals surface area contributed by atoms with E-state index in [1.165, 1.54) is 25.7 Å². The van der Waals surface area contributed by atoms with Crippen LogP contribution in [-0.4, -0.2) is 19.6 Å². The highest BCUT2D eigenvalue weighted by molar-refractivity contribution is 14.0. The first kappa shape index (κ1) is 18.3. The maximum absolute atomic E-state index is 5.31. The van der Waals surface area contributed by atoms with E-state index in [0.29, 0.717) is 12.0 Å². The summed E-state index contributed by atoms with van der Waals surface area (Å²) in [6.07, 6.45) is 7.20. The maximum atomic E-state index is 5.31. The normalized spacial score (nSPS) is 16.6. The lowest BCUT2D eigenvalue weighted by molar-refractivity contribution is 0.218. The fourth-order valence-electron chi connectivity index (χ4n) is 2.97. The van der Waals surface area contributed by atoms with Gasteiger partial charge in [-0.3, -0.25) is 4.99 Å². The van der Waals surface area contributed by atoms with Crippen LogP contribution in [0.3, 0.4) is 0 Å². The maximum Gasteiger partial charge on any atom is 0.191 e. The van der Waals surface area contributed by atoms with Gasteiger partial charge in [-0.1, -0.05) is 26.7 Å². The van der Waals surface area contributed by atoms with Crippen molar-refractivity contribution < 1.29 is 4.42 Å². The van der Waals surface area contributed by atoms with Crippen LogP contribution < -0.4 is 10.6 Å². The van der Waals surface area contributed by atoms with Crippen LogP contribution in [0, 0.1) is 11.3 Å². The zero-order valence-corrected chi connectivity index (χ0v) is 15.6. The van der Waals surface area contributed by atoms with Crippen molar-refractivity contribution in [1.82, 2.24) is 10.6 Å². The van der Waals surface area contributed by atoms with Gasteiger partial charge in [-0.25, -0.2) is 0 Å². The highest BCUT2D eigenvalue weighted by atomic mass is 127. The topological polar surface area (TPSA) is 49.6 Å². The number of nitrogens with one attached hydrogen (secondary N) is 2. The Hall–Kier alpha value is -0.720. The number of hydrogen-bond acceptors (Lipinski definition) is 2. The van der Waals surface area contributed by atoms with Crippen LogP contribution in [0.4, 0.5) is 0 Å². The summed E-state index contributed by atoms with van der Waals surface area (Å²) < 4.78 is 5.31. The van der Waals surface area contributed by atoms with Gasteiger partial charge in [0.05, 0.1) is 12.8 Å². The van der Waals surface area contributed by atoms with E-state index in [9.17, 15) is 0 Å². The van der Waals surface area contributed by atoms with E-state index in [1.54, 1.807) is 13.3 Å². The van der Waals surface area contributed by atoms with E-state index in [0.717, 1.165) is 24.2 Å². The molecule has 0 spiro atoms. The lowest BCUT2D eigenvalue weighted by Crippen LogP contribution is -2.43. The molecule has 0 radical (unpaired) electrons. The molecule has 0 saturated heterocycles. The van der Waals surface area contributed by atoms with Crippen LogP contribution in [0.2, 0.25) is 0 Å². The zero-order valence-electron chi connectivity index (χ0n) is 13.3. The molecule has 1 heterocycles. The van der Waals surface area contributed by atoms with Gasteiger partial charge >= 0.3 is 0 Å². The first-order valence-corrected chi connectivity index (χ1v) is 7.59. The van der Waals surface area contributed by atoms with Gasteiger partial charge in [-0.05, 0) is 36.3 Å². The predicted molar refractivity (Wildman–Crippen MR) is 98.1 cm³/mol. The molecule has 21 heavy (non-hydrogen) atoms. The van der Waals surface area contributed by atoms with Crippen LogP contribution in [0.15, 0.2) is 27.8 Å². The Labute approximate surface area is 145 Å². The highest BCUT2D eigenvalue weighted by Gasteiger charge is 2.31. The van der Waals surface area contributed by atoms with Crippen LogP contribution in [-0.2, 0) is 6.54 Å². The van der Waals surface area contributed by atoms with Crippen molar-refractivity contribution in [3.05, 3.63) is 24.2 Å². The Morgan fingerprint density at radius 1 is 1.33 bits per heavy atom. The average Bonchev–Trinajstić information content (AvgIpc) is 3.12. The van der Waals surface area contributed by atoms with Crippen molar-refractivity contribution in [2.24, 2.45) is 16.3 Å². The molecule has 1 aromatic heterocycles. The molecule has 1 aliphatic carbocycles. The summed E-state index contributed by atoms with van der Waals surface area (Å²) in [6.45, 7) is 6.33. The fourth-order valence-corrected chi connectivity index (χ4v) is 2.97. The minimum atomic E-state index is 0. The number of hydrogen-bond donors (Lipinski definition) is 2. The minimum absolute atomic E-state index is 0. The number of nitrogens with zero attached hydrogens (tertiary/aromatic N) is 1. The molecule has 0 aromatic carbocycles. The van der Waals surface area contributed by atoms with Gasteiger partial charge in [0.1, 0.15) is 5.76 Å². The van der Waals surface area contributed by atoms with Crippen LogP contribution >= 0.6 is 24.0 Å². The van der Waals surface area contributed by atoms with E-state index in [4.69, 9.17) is 4.42 Å². The Morgan fingerprint density at radius 3 is 2.62 bits per heavy atom. The molecule has 0 atom stereocenters. The van der Waals surface area contributed by atoms with Crippen molar-refractivity contribution >= 4 is 29.9 Å². The van der Waals surface area contributed by atoms with Gasteiger partial charge in [-0.2, -0.15) is 0 Å². The minimum Gasteiger partial charge on any atom is -0.467 e. The van der Waals surface area contributed by atoms with Crippen LogP contribution in [0.1, 0.15) is 45.3 Å². The summed E-state index contributed by atoms with van der Waals surface area (Å²) in [6, 6.07) is 3.86. The Kier molecular flexibility index (Phi) is 7.56. The first-order chi connectivity index (χ1) is 9.62. The van der Waals surface area contributed by atoms with Crippen molar-refractivity contribution in [2.45, 2.75) is 46.1 Å². The number of furan rings is 1. The second kappa shape index (κ2) is 8.66. The van der Waals surface area contributed by atoms with E-state index in [1.807, 2.05) is 12.1 Å². The molecule has 1 aliphatic rings. The Bertz CT molecular complexity index is 423. The van der Waals surface area contributed by atoms with Crippen LogP contribution in [0.5, 0.6) is 0 Å². The van der Waals surface area contributed by atoms with Gasteiger partial charge < -0.3 is 15.1 Å². The van der Waals surface area contributed by atoms with Crippen molar-refractivity contribution in [1.29, 1.82) is 0 Å². The Morgan fingerprint density at radius 2 is 2.05 bits per heavy atom. The molecular weight excluding hydrogens is 377 g/mol. The van der Waals surface area contributed by atoms with Gasteiger partial charge in [0.25, 0.3) is 0 Å². The summed E-state index contributed by atoms with van der Waals surface area (Å²) in [5.41, 5.74) is 0.318. The molecule has 120 valence electrons. The largest absolute Gasteiger partial charge is 0.467 e. The molecule has 0 aliphatic heterocycles. The third-order valence-electron chi connectivity index (χ3n) is 4.41. The van der Waals surface area contributed by atoms with E-state index >= 15 is 0 Å². The van der Waals surface area contributed by atoms with Crippen molar-refractivity contribution in [3.8, 4) is 0 Å². The van der Waals surface area contributed by atoms with E-state index in [2.05, 4.69) is 29.5 Å². The predicted octanol–water partition coefficient (Wildman–Crippen LogP) is 3.78. The fraction of sp³-hybridized carbons (Fsp3) is 0.688. The summed E-state index contributed by atoms with van der Waals surface area (Å²) in [7, 11) is 1.81. The Balaban J connectivity index is 0.00000220. The van der Waals surface area contributed by atoms with Gasteiger partial charge in [0.15, 0.2) is 5.96 Å². The van der Waals surface area contributed by atoms with Crippen LogP contribution in [0.25, 0.3) is 0 Å². The lowest BCUT2D eigenvalue weighted by Gasteiger charge is -2.32. The quantitative estimate of drug-likeness (QED) is 0.446. The monoisotopic (exact) mass is 405 g/mol. The van der Waals surface area contributed by atoms with E-state index in [-0.39, 0.29) is 24.0 Å². The average molecular weight is 405 g/mol. The summed E-state index contributed by atoms with van der Waals surface area (Å²) in [5.74, 6) is 2.59. The number of aliphatic imine (C=N–C) groups is 1. The number of guanidine groups is 1. The molecule has 4 nitrogen and oxygen atoms in total. The summed E-state index contributed by atoms with van der Waals surface area (Å²) >= 11 is 0. The summed E-state index contributed by atoms with van der Waals surface area (Å²) in [5, 5.41) is 6.73. The first-order valence-electron chi connectivity index (χ1n) is 7.59. The standard InChI is InChI=1S/C16H27N3O.HI/c1-16(2,13-7-4-5-8-13)12-19-15(17-3)18-11-14-9-6-10-20-14;/h6,9-10,13H,4-5,7-8,11-12H2,1-3H3,(H2,17,18,19);1H. The van der Waals surface area contributed by atoms with Crippen molar-refractivity contribution in [3.63, 3.8) is 0 Å². The second-order valence-corrected chi connectivity index (χ2v) is 6.33. The molecule has 2 rings (SSSR count). The van der Waals surface area contributed by atoms with Gasteiger partial charge in [0, 0.05) is 13.6 Å².